The number of fused-ring (bicyclic) bond motifs is 13. The molecule has 12 aromatic rings. The second-order valence-corrected chi connectivity index (χ2v) is 14.4. The van der Waals surface area contributed by atoms with Crippen LogP contribution in [0, 0.1) is 0 Å². The van der Waals surface area contributed by atoms with E-state index in [1.54, 1.807) is 0 Å². The molecule has 0 radical (unpaired) electrons. The van der Waals surface area contributed by atoms with Crippen molar-refractivity contribution in [2.45, 2.75) is 0 Å². The van der Waals surface area contributed by atoms with Gasteiger partial charge >= 0.3 is 0 Å². The van der Waals surface area contributed by atoms with E-state index in [1.807, 2.05) is 18.2 Å². The Morgan fingerprint density at radius 3 is 1.55 bits per heavy atom. The van der Waals surface area contributed by atoms with Crippen LogP contribution in [0.25, 0.3) is 110 Å². The van der Waals surface area contributed by atoms with Gasteiger partial charge in [-0.1, -0.05) is 133 Å². The van der Waals surface area contributed by atoms with Gasteiger partial charge in [0.05, 0.1) is 11.0 Å². The molecule has 0 atom stereocenters. The minimum atomic E-state index is 0.796. The van der Waals surface area contributed by atoms with Gasteiger partial charge in [-0.3, -0.25) is 4.57 Å². The maximum absolute atomic E-state index is 6.51. The Bertz CT molecular complexity index is 3460. The lowest BCUT2D eigenvalue weighted by molar-refractivity contribution is 0.651. The number of para-hydroxylation sites is 2. The highest BCUT2D eigenvalue weighted by Crippen LogP contribution is 2.39. The molecule has 0 amide bonds. The highest BCUT2D eigenvalue weighted by Gasteiger charge is 2.23. The molecule has 0 unspecified atom stereocenters. The summed E-state index contributed by atoms with van der Waals surface area (Å²) in [5.41, 5.74) is 12.7. The van der Waals surface area contributed by atoms with E-state index < -0.39 is 0 Å². The van der Waals surface area contributed by atoms with Crippen molar-refractivity contribution in [2.75, 3.05) is 0 Å². The van der Waals surface area contributed by atoms with E-state index in [2.05, 4.69) is 179 Å². The van der Waals surface area contributed by atoms with Crippen LogP contribution in [0.1, 0.15) is 0 Å². The monoisotopic (exact) mass is 701 g/mol. The van der Waals surface area contributed by atoms with Gasteiger partial charge in [-0.15, -0.1) is 0 Å². The molecule has 0 fully saturated rings. The number of furan rings is 1. The third kappa shape index (κ3) is 4.49. The molecule has 0 spiro atoms. The lowest BCUT2D eigenvalue weighted by Crippen LogP contribution is -1.94. The number of rotatable bonds is 4. The van der Waals surface area contributed by atoms with Crippen molar-refractivity contribution in [3.8, 4) is 39.1 Å². The summed E-state index contributed by atoms with van der Waals surface area (Å²) in [6.45, 7) is 0. The molecule has 0 aliphatic heterocycles. The first-order valence-corrected chi connectivity index (χ1v) is 18.7. The molecule has 9 aromatic carbocycles. The lowest BCUT2D eigenvalue weighted by Gasteiger charge is -2.13. The zero-order valence-electron chi connectivity index (χ0n) is 29.6. The quantitative estimate of drug-likeness (QED) is 0.171. The van der Waals surface area contributed by atoms with Crippen LogP contribution in [-0.2, 0) is 0 Å². The van der Waals surface area contributed by atoms with Crippen molar-refractivity contribution < 1.29 is 4.42 Å². The number of imidazole rings is 2. The molecule has 55 heavy (non-hydrogen) atoms. The second-order valence-electron chi connectivity index (χ2n) is 14.4. The minimum absolute atomic E-state index is 0.796. The molecule has 256 valence electrons. The van der Waals surface area contributed by atoms with Crippen LogP contribution in [0.4, 0.5) is 0 Å². The molecule has 0 bridgehead atoms. The van der Waals surface area contributed by atoms with Crippen LogP contribution in [0.15, 0.2) is 192 Å². The molecule has 0 N–H and O–H groups in total. The topological polar surface area (TPSA) is 35.4 Å². The Morgan fingerprint density at radius 2 is 0.891 bits per heavy atom. The van der Waals surface area contributed by atoms with Crippen LogP contribution in [0.2, 0.25) is 0 Å². The van der Waals surface area contributed by atoms with Crippen LogP contribution in [-0.4, -0.2) is 14.0 Å². The van der Waals surface area contributed by atoms with Crippen molar-refractivity contribution >= 4 is 71.3 Å². The Hall–Kier alpha value is -7.43. The zero-order chi connectivity index (χ0) is 36.0. The predicted molar refractivity (Wildman–Crippen MR) is 228 cm³/mol. The summed E-state index contributed by atoms with van der Waals surface area (Å²) in [5.74, 6) is 0.832. The summed E-state index contributed by atoms with van der Waals surface area (Å²) in [5, 5.41) is 8.80. The Kier molecular flexibility index (Phi) is 6.31. The molecule has 3 aromatic heterocycles. The van der Waals surface area contributed by atoms with Gasteiger partial charge in [0.1, 0.15) is 11.1 Å². The van der Waals surface area contributed by atoms with Gasteiger partial charge < -0.3 is 4.42 Å². The molecule has 12 rings (SSSR count). The van der Waals surface area contributed by atoms with Crippen molar-refractivity contribution in [3.05, 3.63) is 188 Å². The van der Waals surface area contributed by atoms with E-state index in [4.69, 9.17) is 9.40 Å². The normalized spacial score (nSPS) is 12.0. The standard InChI is InChI=1S/C51H31N3O/c1-2-16-38(17-3-1)53-49-44-22-8-9-23-48(44)55-50(49)54-47-27-25-37(31-46(47)52-51(53)54)35-15-11-13-33(29-35)32-12-10-14-34(28-32)36-24-26-43-41-20-5-4-18-39(41)40-19-6-7-21-42(40)45(43)30-36/h1-31H. The van der Waals surface area contributed by atoms with Crippen LogP contribution < -0.4 is 0 Å². The number of nitrogens with zero attached hydrogens (tertiary/aromatic N) is 3. The van der Waals surface area contributed by atoms with Crippen LogP contribution in [0.3, 0.4) is 0 Å². The summed E-state index contributed by atoms with van der Waals surface area (Å²) in [6.07, 6.45) is 0. The lowest BCUT2D eigenvalue weighted by atomic mass is 9.91. The zero-order valence-corrected chi connectivity index (χ0v) is 29.6. The van der Waals surface area contributed by atoms with E-state index in [0.29, 0.717) is 0 Å². The van der Waals surface area contributed by atoms with Gasteiger partial charge in [0, 0.05) is 11.1 Å². The highest BCUT2D eigenvalue weighted by atomic mass is 16.3. The summed E-state index contributed by atoms with van der Waals surface area (Å²) in [4.78, 5) is 5.24. The molecule has 3 heterocycles. The average molecular weight is 702 g/mol. The molecule has 4 nitrogen and oxygen atoms in total. The first kappa shape index (κ1) is 30.1. The number of benzene rings is 9. The summed E-state index contributed by atoms with van der Waals surface area (Å²) in [7, 11) is 0. The minimum Gasteiger partial charge on any atom is -0.437 e. The number of aromatic nitrogens is 3. The number of hydrogen-bond donors (Lipinski definition) is 0. The molecule has 0 saturated heterocycles. The molecular formula is C51H31N3O. The fraction of sp³-hybridized carbons (Fsp3) is 0. The average Bonchev–Trinajstić information content (AvgIpc) is 3.91. The Morgan fingerprint density at radius 1 is 0.382 bits per heavy atom. The molecule has 4 heteroatoms. The van der Waals surface area contributed by atoms with Crippen molar-refractivity contribution in [3.63, 3.8) is 0 Å². The van der Waals surface area contributed by atoms with Crippen molar-refractivity contribution in [1.82, 2.24) is 14.0 Å². The first-order chi connectivity index (χ1) is 27.3. The fourth-order valence-electron chi connectivity index (χ4n) is 8.75. The smallest absolute Gasteiger partial charge is 0.232 e. The second kappa shape index (κ2) is 11.5. The van der Waals surface area contributed by atoms with Gasteiger partial charge in [-0.2, -0.15) is 0 Å². The third-order valence-electron chi connectivity index (χ3n) is 11.3. The first-order valence-electron chi connectivity index (χ1n) is 18.7. The Balaban J connectivity index is 0.957. The molecular weight excluding hydrogens is 671 g/mol. The molecule has 0 aliphatic carbocycles. The Labute approximate surface area is 315 Å². The van der Waals surface area contributed by atoms with Gasteiger partial charge in [-0.05, 0) is 120 Å². The third-order valence-corrected chi connectivity index (χ3v) is 11.3. The maximum Gasteiger partial charge on any atom is 0.232 e. The molecule has 0 saturated carbocycles. The predicted octanol–water partition coefficient (Wildman–Crippen LogP) is 13.6. The SMILES string of the molecule is c1ccc(-n2c3c4ccccc4oc3n3c4ccc(-c5cccc(-c6cccc(-c7ccc8c9ccccc9c9ccccc9c8c7)c6)c5)cc4nc23)cc1. The fourth-order valence-corrected chi connectivity index (χ4v) is 8.75. The molecule has 0 aliphatic rings. The summed E-state index contributed by atoms with van der Waals surface area (Å²) in [6, 6.07) is 67.4. The van der Waals surface area contributed by atoms with Crippen molar-refractivity contribution in [1.29, 1.82) is 0 Å². The van der Waals surface area contributed by atoms with E-state index in [-0.39, 0.29) is 0 Å². The van der Waals surface area contributed by atoms with Gasteiger partial charge in [-0.25, -0.2) is 9.38 Å². The van der Waals surface area contributed by atoms with Gasteiger partial charge in [0.25, 0.3) is 0 Å². The van der Waals surface area contributed by atoms with Gasteiger partial charge in [0.2, 0.25) is 11.5 Å². The van der Waals surface area contributed by atoms with E-state index in [1.165, 1.54) is 54.6 Å². The van der Waals surface area contributed by atoms with E-state index >= 15 is 0 Å². The van der Waals surface area contributed by atoms with Crippen molar-refractivity contribution in [2.24, 2.45) is 0 Å². The van der Waals surface area contributed by atoms with Gasteiger partial charge in [0.15, 0.2) is 0 Å². The summed E-state index contributed by atoms with van der Waals surface area (Å²) >= 11 is 0. The van der Waals surface area contributed by atoms with Crippen LogP contribution >= 0.6 is 0 Å². The van der Waals surface area contributed by atoms with E-state index in [9.17, 15) is 0 Å². The summed E-state index contributed by atoms with van der Waals surface area (Å²) < 4.78 is 10.9. The number of hydrogen-bond acceptors (Lipinski definition) is 2. The largest absolute Gasteiger partial charge is 0.437 e. The highest BCUT2D eigenvalue weighted by molar-refractivity contribution is 6.25. The maximum atomic E-state index is 6.51. The van der Waals surface area contributed by atoms with E-state index in [0.717, 1.165) is 55.8 Å². The van der Waals surface area contributed by atoms with Crippen LogP contribution in [0.5, 0.6) is 0 Å².